The van der Waals surface area contributed by atoms with Crippen LogP contribution >= 0.6 is 11.8 Å². The lowest BCUT2D eigenvalue weighted by Crippen LogP contribution is -2.40. The van der Waals surface area contributed by atoms with E-state index in [-0.39, 0.29) is 23.8 Å². The Morgan fingerprint density at radius 3 is 2.95 bits per heavy atom. The highest BCUT2D eigenvalue weighted by molar-refractivity contribution is 7.99. The maximum Gasteiger partial charge on any atom is 0.244 e. The minimum absolute atomic E-state index is 0.0216. The summed E-state index contributed by atoms with van der Waals surface area (Å²) in [4.78, 5) is 16.1. The van der Waals surface area contributed by atoms with Crippen LogP contribution < -0.4 is 5.32 Å². The minimum atomic E-state index is -0.239. The Labute approximate surface area is 127 Å². The molecule has 112 valence electrons. The fourth-order valence-electron chi connectivity index (χ4n) is 1.91. The molecular formula is C15H18N2O3S. The zero-order valence-electron chi connectivity index (χ0n) is 11.9. The predicted octanol–water partition coefficient (Wildman–Crippen LogP) is 2.07. The number of nitrogens with one attached hydrogen (secondary N) is 1. The van der Waals surface area contributed by atoms with Crippen LogP contribution in [-0.2, 0) is 4.79 Å². The molecule has 0 aliphatic heterocycles. The van der Waals surface area contributed by atoms with Crippen LogP contribution in [-0.4, -0.2) is 40.2 Å². The number of benzene rings is 1. The molecule has 0 saturated heterocycles. The van der Waals surface area contributed by atoms with Crippen LogP contribution in [0.25, 0.3) is 17.2 Å². The summed E-state index contributed by atoms with van der Waals surface area (Å²) in [5.74, 6) is 0.153. The van der Waals surface area contributed by atoms with Gasteiger partial charge in [0.15, 0.2) is 5.58 Å². The number of rotatable bonds is 6. The van der Waals surface area contributed by atoms with Crippen molar-refractivity contribution in [3.8, 4) is 0 Å². The van der Waals surface area contributed by atoms with E-state index in [9.17, 15) is 9.90 Å². The quantitative estimate of drug-likeness (QED) is 0.799. The van der Waals surface area contributed by atoms with Crippen LogP contribution in [0.15, 0.2) is 34.8 Å². The van der Waals surface area contributed by atoms with Crippen LogP contribution in [0.2, 0.25) is 0 Å². The van der Waals surface area contributed by atoms with Gasteiger partial charge in [0, 0.05) is 23.4 Å². The van der Waals surface area contributed by atoms with E-state index in [4.69, 9.17) is 4.42 Å². The minimum Gasteiger partial charge on any atom is -0.437 e. The van der Waals surface area contributed by atoms with E-state index in [1.165, 1.54) is 23.9 Å². The molecule has 21 heavy (non-hydrogen) atoms. The zero-order chi connectivity index (χ0) is 15.2. The third-order valence-corrected chi connectivity index (χ3v) is 4.26. The Kier molecular flexibility index (Phi) is 5.41. The van der Waals surface area contributed by atoms with Crippen molar-refractivity contribution in [1.29, 1.82) is 0 Å². The number of aliphatic hydroxyl groups excluding tert-OH is 1. The van der Waals surface area contributed by atoms with Crippen molar-refractivity contribution in [3.05, 3.63) is 36.2 Å². The molecule has 5 nitrogen and oxygen atoms in total. The maximum absolute atomic E-state index is 11.8. The molecule has 0 aliphatic rings. The number of aromatic nitrogens is 1. The molecular weight excluding hydrogens is 288 g/mol. The molecule has 1 amide bonds. The van der Waals surface area contributed by atoms with Crippen LogP contribution in [0.5, 0.6) is 0 Å². The van der Waals surface area contributed by atoms with Crippen molar-refractivity contribution >= 4 is 34.8 Å². The van der Waals surface area contributed by atoms with Gasteiger partial charge >= 0.3 is 0 Å². The summed E-state index contributed by atoms with van der Waals surface area (Å²) in [7, 11) is 0. The average molecular weight is 306 g/mol. The Bertz CT molecular complexity index is 602. The molecule has 1 aromatic heterocycles. The fraction of sp³-hybridized carbons (Fsp3) is 0.333. The molecule has 0 saturated carbocycles. The van der Waals surface area contributed by atoms with E-state index < -0.39 is 0 Å². The zero-order valence-corrected chi connectivity index (χ0v) is 12.8. The van der Waals surface area contributed by atoms with Crippen LogP contribution in [0.4, 0.5) is 0 Å². The van der Waals surface area contributed by atoms with Crippen molar-refractivity contribution in [2.75, 3.05) is 12.9 Å². The van der Waals surface area contributed by atoms with E-state index in [1.54, 1.807) is 0 Å². The number of fused-ring (bicyclic) bond motifs is 1. The summed E-state index contributed by atoms with van der Waals surface area (Å²) in [5.41, 5.74) is 1.45. The number of hydrogen-bond acceptors (Lipinski definition) is 5. The number of nitrogens with zero attached hydrogens (tertiary/aromatic N) is 1. The van der Waals surface area contributed by atoms with E-state index >= 15 is 0 Å². The van der Waals surface area contributed by atoms with E-state index in [0.717, 1.165) is 5.52 Å². The summed E-state index contributed by atoms with van der Waals surface area (Å²) in [6.07, 6.45) is 4.82. The van der Waals surface area contributed by atoms with E-state index in [1.807, 2.05) is 37.4 Å². The number of carbonyl (C=O) groups excluding carboxylic acids is 1. The lowest BCUT2D eigenvalue weighted by Gasteiger charge is -2.20. The summed E-state index contributed by atoms with van der Waals surface area (Å²) < 4.78 is 5.49. The normalized spacial score (nSPS) is 14.4. The molecule has 1 aromatic carbocycles. The van der Waals surface area contributed by atoms with Crippen molar-refractivity contribution in [3.63, 3.8) is 0 Å². The highest BCUT2D eigenvalue weighted by atomic mass is 32.2. The second kappa shape index (κ2) is 7.28. The smallest absolute Gasteiger partial charge is 0.244 e. The SMILES string of the molecule is CSC(CO)C(C)NC(=O)/C=C/c1nc2ccccc2o1. The first kappa shape index (κ1) is 15.6. The first-order valence-electron chi connectivity index (χ1n) is 6.62. The van der Waals surface area contributed by atoms with Crippen molar-refractivity contribution in [2.45, 2.75) is 18.2 Å². The molecule has 0 aliphatic carbocycles. The van der Waals surface area contributed by atoms with Crippen LogP contribution in [0.1, 0.15) is 12.8 Å². The number of amides is 1. The lowest BCUT2D eigenvalue weighted by atomic mass is 10.2. The van der Waals surface area contributed by atoms with Gasteiger partial charge in [0.2, 0.25) is 11.8 Å². The molecule has 2 aromatic rings. The maximum atomic E-state index is 11.8. The predicted molar refractivity (Wildman–Crippen MR) is 85.0 cm³/mol. The Morgan fingerprint density at radius 1 is 1.52 bits per heavy atom. The van der Waals surface area contributed by atoms with Crippen molar-refractivity contribution in [2.24, 2.45) is 0 Å². The molecule has 2 atom stereocenters. The topological polar surface area (TPSA) is 75.4 Å². The summed E-state index contributed by atoms with van der Waals surface area (Å²) in [6.45, 7) is 1.89. The molecule has 2 N–H and O–H groups in total. The fourth-order valence-corrected chi connectivity index (χ4v) is 2.54. The van der Waals surface area contributed by atoms with Gasteiger partial charge in [-0.2, -0.15) is 11.8 Å². The van der Waals surface area contributed by atoms with Gasteiger partial charge in [0.25, 0.3) is 0 Å². The van der Waals surface area contributed by atoms with E-state index in [2.05, 4.69) is 10.3 Å². The van der Waals surface area contributed by atoms with Gasteiger partial charge in [-0.25, -0.2) is 4.98 Å². The molecule has 0 radical (unpaired) electrons. The highest BCUT2D eigenvalue weighted by Crippen LogP contribution is 2.15. The van der Waals surface area contributed by atoms with Crippen LogP contribution in [0, 0.1) is 0 Å². The van der Waals surface area contributed by atoms with Crippen molar-refractivity contribution < 1.29 is 14.3 Å². The van der Waals surface area contributed by atoms with Gasteiger partial charge in [-0.1, -0.05) is 12.1 Å². The number of hydrogen-bond donors (Lipinski definition) is 2. The molecule has 2 rings (SSSR count). The standard InChI is InChI=1S/C15H18N2O3S/c1-10(13(9-18)21-2)16-14(19)7-8-15-17-11-5-3-4-6-12(11)20-15/h3-8,10,13,18H,9H2,1-2H3,(H,16,19)/b8-7+. The molecule has 6 heteroatoms. The Morgan fingerprint density at radius 2 is 2.29 bits per heavy atom. The highest BCUT2D eigenvalue weighted by Gasteiger charge is 2.16. The monoisotopic (exact) mass is 306 g/mol. The van der Waals surface area contributed by atoms with Crippen molar-refractivity contribution in [1.82, 2.24) is 10.3 Å². The number of thioether (sulfide) groups is 1. The third-order valence-electron chi connectivity index (χ3n) is 3.10. The summed E-state index contributed by atoms with van der Waals surface area (Å²) >= 11 is 1.52. The van der Waals surface area contributed by atoms with E-state index in [0.29, 0.717) is 11.5 Å². The Balaban J connectivity index is 1.98. The molecule has 2 unspecified atom stereocenters. The van der Waals surface area contributed by atoms with Gasteiger partial charge in [-0.05, 0) is 25.3 Å². The van der Waals surface area contributed by atoms with Gasteiger partial charge in [-0.15, -0.1) is 0 Å². The lowest BCUT2D eigenvalue weighted by molar-refractivity contribution is -0.117. The molecule has 0 fully saturated rings. The molecule has 0 bridgehead atoms. The number of aliphatic hydroxyl groups is 1. The first-order valence-corrected chi connectivity index (χ1v) is 7.90. The third kappa shape index (κ3) is 4.09. The van der Waals surface area contributed by atoms with Gasteiger partial charge < -0.3 is 14.8 Å². The molecule has 1 heterocycles. The second-order valence-electron chi connectivity index (χ2n) is 4.61. The number of oxazole rings is 1. The number of para-hydroxylation sites is 2. The largest absolute Gasteiger partial charge is 0.437 e. The second-order valence-corrected chi connectivity index (χ2v) is 5.68. The van der Waals surface area contributed by atoms with Gasteiger partial charge in [-0.3, -0.25) is 4.79 Å². The average Bonchev–Trinajstić information content (AvgIpc) is 2.89. The first-order chi connectivity index (χ1) is 10.1. The Hall–Kier alpha value is -1.79. The molecule has 0 spiro atoms. The summed E-state index contributed by atoms with van der Waals surface area (Å²) in [6, 6.07) is 7.30. The number of carbonyl (C=O) groups is 1. The summed E-state index contributed by atoms with van der Waals surface area (Å²) in [5, 5.41) is 12.0. The van der Waals surface area contributed by atoms with Gasteiger partial charge in [0.1, 0.15) is 5.52 Å². The van der Waals surface area contributed by atoms with Gasteiger partial charge in [0.05, 0.1) is 6.61 Å². The van der Waals surface area contributed by atoms with Crippen LogP contribution in [0.3, 0.4) is 0 Å².